The van der Waals surface area contributed by atoms with Gasteiger partial charge in [-0.25, -0.2) is 0 Å². The lowest BCUT2D eigenvalue weighted by molar-refractivity contribution is 0.371. The van der Waals surface area contributed by atoms with Gasteiger partial charge in [-0.05, 0) is 41.0 Å². The van der Waals surface area contributed by atoms with Crippen molar-refractivity contribution in [3.8, 4) is 12.3 Å². The average molecular weight is 276 g/mol. The second kappa shape index (κ2) is 5.23. The van der Waals surface area contributed by atoms with Crippen molar-refractivity contribution in [3.63, 3.8) is 0 Å². The Morgan fingerprint density at radius 2 is 1.67 bits per heavy atom. The van der Waals surface area contributed by atoms with Gasteiger partial charge in [-0.3, -0.25) is 0 Å². The summed E-state index contributed by atoms with van der Waals surface area (Å²) in [6.07, 6.45) is 6.75. The second-order valence-corrected chi connectivity index (χ2v) is 8.52. The topological polar surface area (TPSA) is 0 Å². The maximum atomic E-state index is 5.44. The van der Waals surface area contributed by atoms with Gasteiger partial charge in [0.1, 0.15) is 0 Å². The molecule has 0 unspecified atom stereocenters. The van der Waals surface area contributed by atoms with Gasteiger partial charge in [-0.1, -0.05) is 38.8 Å². The summed E-state index contributed by atoms with van der Waals surface area (Å²) in [5, 5.41) is 0. The molecule has 0 radical (unpaired) electrons. The van der Waals surface area contributed by atoms with Gasteiger partial charge in [0.05, 0.1) is 4.08 Å². The van der Waals surface area contributed by atoms with E-state index < -0.39 is 0 Å². The Morgan fingerprint density at radius 1 is 1.11 bits per heavy atom. The molecule has 18 heavy (non-hydrogen) atoms. The molecular formula is C16H20S2. The van der Waals surface area contributed by atoms with E-state index in [0.29, 0.717) is 0 Å². The first kappa shape index (κ1) is 13.9. The highest BCUT2D eigenvalue weighted by atomic mass is 32.2. The fraction of sp³-hybridized carbons (Fsp3) is 0.500. The molecule has 1 aliphatic rings. The van der Waals surface area contributed by atoms with Crippen LogP contribution in [0.25, 0.3) is 0 Å². The van der Waals surface area contributed by atoms with Crippen LogP contribution in [0, 0.1) is 17.8 Å². The maximum Gasteiger partial charge on any atom is 0.0908 e. The highest BCUT2D eigenvalue weighted by molar-refractivity contribution is 8.18. The van der Waals surface area contributed by atoms with Crippen LogP contribution in [-0.4, -0.2) is 11.5 Å². The quantitative estimate of drug-likeness (QED) is 0.680. The molecule has 0 nitrogen and oxygen atoms in total. The largest absolute Gasteiger partial charge is 0.139 e. The van der Waals surface area contributed by atoms with E-state index in [1.165, 1.54) is 23.5 Å². The van der Waals surface area contributed by atoms with Gasteiger partial charge in [0.2, 0.25) is 0 Å². The Bertz CT molecular complexity index is 439. The molecule has 0 bridgehead atoms. The highest BCUT2D eigenvalue weighted by Gasteiger charge is 2.45. The minimum Gasteiger partial charge on any atom is -0.139 e. The minimum absolute atomic E-state index is 0.165. The van der Waals surface area contributed by atoms with Gasteiger partial charge < -0.3 is 0 Å². The van der Waals surface area contributed by atoms with E-state index in [9.17, 15) is 0 Å². The summed E-state index contributed by atoms with van der Waals surface area (Å²) in [5.74, 6) is 5.20. The summed E-state index contributed by atoms with van der Waals surface area (Å²) >= 11 is 4.19. The summed E-state index contributed by atoms with van der Waals surface area (Å²) in [6, 6.07) is 8.56. The third kappa shape index (κ3) is 2.44. The molecule has 1 aromatic rings. The zero-order valence-corrected chi connectivity index (χ0v) is 13.0. The van der Waals surface area contributed by atoms with E-state index in [0.717, 1.165) is 5.56 Å². The van der Waals surface area contributed by atoms with E-state index >= 15 is 0 Å². The molecule has 0 aromatic heterocycles. The van der Waals surface area contributed by atoms with Gasteiger partial charge in [-0.15, -0.1) is 29.9 Å². The summed E-state index contributed by atoms with van der Waals surface area (Å²) in [5.41, 5.74) is 2.61. The summed E-state index contributed by atoms with van der Waals surface area (Å²) in [7, 11) is 0. The standard InChI is InChI=1S/C16H20S2/c1-5-13-7-9-14(10-8-13)16(15(2,3)4)17-11-6-12-18-16/h1,7-10H,6,11-12H2,2-4H3. The van der Waals surface area contributed by atoms with Gasteiger partial charge in [0.15, 0.2) is 0 Å². The Kier molecular flexibility index (Phi) is 4.04. The number of thioether (sulfide) groups is 2. The van der Waals surface area contributed by atoms with E-state index in [1.54, 1.807) is 0 Å². The first-order chi connectivity index (χ1) is 8.49. The molecule has 1 aliphatic heterocycles. The van der Waals surface area contributed by atoms with Crippen molar-refractivity contribution in [1.82, 2.24) is 0 Å². The fourth-order valence-electron chi connectivity index (χ4n) is 2.35. The van der Waals surface area contributed by atoms with Gasteiger partial charge in [-0.2, -0.15) is 0 Å². The number of benzene rings is 1. The lowest BCUT2D eigenvalue weighted by Gasteiger charge is -2.46. The zero-order valence-electron chi connectivity index (χ0n) is 11.3. The highest BCUT2D eigenvalue weighted by Crippen LogP contribution is 2.60. The van der Waals surface area contributed by atoms with E-state index in [2.05, 4.69) is 74.5 Å². The van der Waals surface area contributed by atoms with Crippen LogP contribution in [0.5, 0.6) is 0 Å². The molecule has 0 saturated carbocycles. The summed E-state index contributed by atoms with van der Waals surface area (Å²) in [4.78, 5) is 0. The first-order valence-electron chi connectivity index (χ1n) is 6.35. The van der Waals surface area contributed by atoms with Crippen molar-refractivity contribution < 1.29 is 0 Å². The number of hydrogen-bond donors (Lipinski definition) is 0. The molecule has 0 amide bonds. The van der Waals surface area contributed by atoms with Gasteiger partial charge in [0.25, 0.3) is 0 Å². The van der Waals surface area contributed by atoms with Crippen LogP contribution in [0.1, 0.15) is 38.3 Å². The molecule has 0 spiro atoms. The van der Waals surface area contributed by atoms with Crippen molar-refractivity contribution in [1.29, 1.82) is 0 Å². The molecule has 96 valence electrons. The Hall–Kier alpha value is -0.520. The molecule has 1 heterocycles. The van der Waals surface area contributed by atoms with Crippen LogP contribution in [0.2, 0.25) is 0 Å². The van der Waals surface area contributed by atoms with Crippen molar-refractivity contribution in [3.05, 3.63) is 35.4 Å². The van der Waals surface area contributed by atoms with Crippen molar-refractivity contribution in [2.45, 2.75) is 31.3 Å². The zero-order chi connectivity index (χ0) is 13.2. The number of rotatable bonds is 1. The fourth-order valence-corrected chi connectivity index (χ4v) is 5.99. The van der Waals surface area contributed by atoms with Crippen molar-refractivity contribution in [2.24, 2.45) is 5.41 Å². The van der Waals surface area contributed by atoms with Crippen LogP contribution in [-0.2, 0) is 4.08 Å². The first-order valence-corrected chi connectivity index (χ1v) is 8.32. The van der Waals surface area contributed by atoms with Crippen molar-refractivity contribution in [2.75, 3.05) is 11.5 Å². The molecule has 2 heteroatoms. The minimum atomic E-state index is 0.165. The normalized spacial score (nSPS) is 19.2. The van der Waals surface area contributed by atoms with Crippen LogP contribution in [0.4, 0.5) is 0 Å². The lowest BCUT2D eigenvalue weighted by Crippen LogP contribution is -2.36. The molecular weight excluding hydrogens is 256 g/mol. The van der Waals surface area contributed by atoms with Gasteiger partial charge in [0, 0.05) is 5.56 Å². The average Bonchev–Trinajstić information content (AvgIpc) is 2.38. The van der Waals surface area contributed by atoms with E-state index in [1.807, 2.05) is 0 Å². The number of terminal acetylenes is 1. The van der Waals surface area contributed by atoms with Crippen LogP contribution in [0.15, 0.2) is 24.3 Å². The smallest absolute Gasteiger partial charge is 0.0908 e. The second-order valence-electron chi connectivity index (χ2n) is 5.64. The van der Waals surface area contributed by atoms with Crippen LogP contribution >= 0.6 is 23.5 Å². The molecule has 1 fully saturated rings. The molecule has 0 N–H and O–H groups in total. The van der Waals surface area contributed by atoms with Crippen LogP contribution in [0.3, 0.4) is 0 Å². The molecule has 1 aromatic carbocycles. The Morgan fingerprint density at radius 3 is 2.11 bits per heavy atom. The molecule has 0 atom stereocenters. The number of hydrogen-bond acceptors (Lipinski definition) is 2. The SMILES string of the molecule is C#Cc1ccc(C2(C(C)(C)C)SCCCS2)cc1. The predicted octanol–water partition coefficient (Wildman–Crippen LogP) is 4.74. The molecule has 1 saturated heterocycles. The summed E-state index contributed by atoms with van der Waals surface area (Å²) < 4.78 is 0.165. The summed E-state index contributed by atoms with van der Waals surface area (Å²) in [6.45, 7) is 7.02. The van der Waals surface area contributed by atoms with Gasteiger partial charge >= 0.3 is 0 Å². The van der Waals surface area contributed by atoms with E-state index in [4.69, 9.17) is 6.42 Å². The maximum absolute atomic E-state index is 5.44. The molecule has 2 rings (SSSR count). The Balaban J connectivity index is 2.43. The predicted molar refractivity (Wildman–Crippen MR) is 85.0 cm³/mol. The molecule has 0 aliphatic carbocycles. The third-order valence-corrected chi connectivity index (χ3v) is 7.52. The lowest BCUT2D eigenvalue weighted by atomic mass is 9.86. The Labute approximate surface area is 119 Å². The van der Waals surface area contributed by atoms with Crippen LogP contribution < -0.4 is 0 Å². The van der Waals surface area contributed by atoms with E-state index in [-0.39, 0.29) is 9.49 Å². The third-order valence-electron chi connectivity index (χ3n) is 3.32. The monoisotopic (exact) mass is 276 g/mol. The van der Waals surface area contributed by atoms with Crippen molar-refractivity contribution >= 4 is 23.5 Å².